The standard InChI is InChI=1S/C27H26FN7OS/c1-33-13-17-15-36-9-8-34(17)22-4-5-24(32-21(22)14-33)31-20-3-2-18(19-11-30-27(37)26(19)20)23-12-29-25-10-16(28)6-7-35(23)25/h2-7,10,12,17H,8-9,11,13-15H2,1H3,(H,30,37)(H,31,32)/t17-/m0/s1. The maximum Gasteiger partial charge on any atom is 0.140 e. The normalized spacial score (nSPS) is 19.2. The molecule has 3 aliphatic rings. The van der Waals surface area contributed by atoms with Crippen LogP contribution in [0.5, 0.6) is 0 Å². The number of morpholine rings is 1. The quantitative estimate of drug-likeness (QED) is 0.401. The van der Waals surface area contributed by atoms with Crippen LogP contribution in [-0.4, -0.2) is 63.6 Å². The van der Waals surface area contributed by atoms with Crippen molar-refractivity contribution < 1.29 is 9.13 Å². The van der Waals surface area contributed by atoms with Crippen molar-refractivity contribution >= 4 is 40.0 Å². The van der Waals surface area contributed by atoms with Crippen molar-refractivity contribution in [3.8, 4) is 11.3 Å². The van der Waals surface area contributed by atoms with Crippen LogP contribution in [0.2, 0.25) is 0 Å². The van der Waals surface area contributed by atoms with Gasteiger partial charge in [-0.05, 0) is 36.9 Å². The Hall–Kier alpha value is -3.60. The van der Waals surface area contributed by atoms with Gasteiger partial charge in [-0.15, -0.1) is 0 Å². The Morgan fingerprint density at radius 3 is 3.05 bits per heavy atom. The largest absolute Gasteiger partial charge is 0.377 e. The van der Waals surface area contributed by atoms with Crippen molar-refractivity contribution in [2.45, 2.75) is 19.1 Å². The average Bonchev–Trinajstić information content (AvgIpc) is 3.45. The topological polar surface area (TPSA) is 70.0 Å². The molecule has 3 aliphatic heterocycles. The third kappa shape index (κ3) is 3.83. The smallest absolute Gasteiger partial charge is 0.140 e. The number of anilines is 3. The monoisotopic (exact) mass is 515 g/mol. The van der Waals surface area contributed by atoms with Crippen LogP contribution < -0.4 is 15.5 Å². The molecule has 1 atom stereocenters. The molecule has 0 amide bonds. The molecule has 2 N–H and O–H groups in total. The predicted molar refractivity (Wildman–Crippen MR) is 145 cm³/mol. The summed E-state index contributed by atoms with van der Waals surface area (Å²) in [5, 5.41) is 6.86. The number of hydrogen-bond acceptors (Lipinski definition) is 7. The first-order valence-electron chi connectivity index (χ1n) is 12.4. The van der Waals surface area contributed by atoms with Crippen LogP contribution in [0, 0.1) is 5.82 Å². The maximum atomic E-state index is 13.7. The fraction of sp³-hybridized carbons (Fsp3) is 0.296. The Morgan fingerprint density at radius 1 is 1.22 bits per heavy atom. The number of fused-ring (bicyclic) bond motifs is 5. The summed E-state index contributed by atoms with van der Waals surface area (Å²) in [7, 11) is 2.13. The van der Waals surface area contributed by atoms with Crippen LogP contribution in [0.25, 0.3) is 16.9 Å². The lowest BCUT2D eigenvalue weighted by atomic mass is 9.99. The lowest BCUT2D eigenvalue weighted by molar-refractivity contribution is 0.0844. The Bertz CT molecular complexity index is 1550. The molecule has 1 fully saturated rings. The molecule has 8 nitrogen and oxygen atoms in total. The number of pyridine rings is 2. The van der Waals surface area contributed by atoms with Gasteiger partial charge in [0.15, 0.2) is 0 Å². The first-order chi connectivity index (χ1) is 18.0. The van der Waals surface area contributed by atoms with Crippen LogP contribution in [0.3, 0.4) is 0 Å². The SMILES string of the molecule is CN1Cc2nc(Nc3ccc(-c4cnc5cc(F)ccn45)c4c3C(=S)NC4)ccc2N2CCOC[C@@H]2C1. The highest BCUT2D eigenvalue weighted by molar-refractivity contribution is 7.80. The fourth-order valence-corrected chi connectivity index (χ4v) is 6.04. The summed E-state index contributed by atoms with van der Waals surface area (Å²) < 4.78 is 21.3. The first kappa shape index (κ1) is 22.6. The van der Waals surface area contributed by atoms with Crippen molar-refractivity contribution in [3.63, 3.8) is 0 Å². The molecule has 188 valence electrons. The van der Waals surface area contributed by atoms with Crippen LogP contribution in [0.1, 0.15) is 16.8 Å². The number of likely N-dealkylation sites (N-methyl/N-ethyl adjacent to an activating group) is 1. The zero-order valence-electron chi connectivity index (χ0n) is 20.4. The van der Waals surface area contributed by atoms with Crippen LogP contribution in [0.15, 0.2) is 48.8 Å². The Balaban J connectivity index is 1.26. The van der Waals surface area contributed by atoms with E-state index in [4.69, 9.17) is 21.9 Å². The number of halogens is 1. The lowest BCUT2D eigenvalue weighted by Crippen LogP contribution is -2.49. The molecule has 4 aromatic rings. The van der Waals surface area contributed by atoms with Gasteiger partial charge in [0.2, 0.25) is 0 Å². The van der Waals surface area contributed by atoms with E-state index in [1.54, 1.807) is 12.4 Å². The number of nitrogens with one attached hydrogen (secondary N) is 2. The fourth-order valence-electron chi connectivity index (χ4n) is 5.73. The molecular formula is C27H26FN7OS. The molecule has 6 heterocycles. The van der Waals surface area contributed by atoms with E-state index in [1.807, 2.05) is 16.5 Å². The number of ether oxygens (including phenoxy) is 1. The molecule has 37 heavy (non-hydrogen) atoms. The number of imidazole rings is 1. The molecule has 3 aromatic heterocycles. The van der Waals surface area contributed by atoms with Gasteiger partial charge in [0.1, 0.15) is 22.3 Å². The highest BCUT2D eigenvalue weighted by atomic mass is 32.1. The second-order valence-corrected chi connectivity index (χ2v) is 10.2. The highest BCUT2D eigenvalue weighted by Gasteiger charge is 2.30. The Labute approximate surface area is 219 Å². The number of benzene rings is 1. The molecule has 1 saturated heterocycles. The summed E-state index contributed by atoms with van der Waals surface area (Å²) in [4.78, 5) is 14.9. The number of hydrogen-bond donors (Lipinski definition) is 2. The van der Waals surface area contributed by atoms with E-state index < -0.39 is 0 Å². The van der Waals surface area contributed by atoms with E-state index in [2.05, 4.69) is 44.6 Å². The third-order valence-corrected chi connectivity index (χ3v) is 7.76. The molecular weight excluding hydrogens is 489 g/mol. The summed E-state index contributed by atoms with van der Waals surface area (Å²) >= 11 is 5.71. The molecule has 0 aliphatic carbocycles. The van der Waals surface area contributed by atoms with E-state index in [1.165, 1.54) is 17.8 Å². The molecule has 0 spiro atoms. The van der Waals surface area contributed by atoms with Crippen LogP contribution >= 0.6 is 12.2 Å². The summed E-state index contributed by atoms with van der Waals surface area (Å²) in [6.07, 6.45) is 3.49. The minimum atomic E-state index is -0.305. The van der Waals surface area contributed by atoms with Gasteiger partial charge in [-0.2, -0.15) is 0 Å². The first-order valence-corrected chi connectivity index (χ1v) is 12.8. The lowest BCUT2D eigenvalue weighted by Gasteiger charge is -2.37. The Kier molecular flexibility index (Phi) is 5.35. The summed E-state index contributed by atoms with van der Waals surface area (Å²) in [5.74, 6) is 0.481. The summed E-state index contributed by atoms with van der Waals surface area (Å²) in [6, 6.07) is 11.5. The van der Waals surface area contributed by atoms with Gasteiger partial charge < -0.3 is 20.3 Å². The molecule has 10 heteroatoms. The number of aromatic nitrogens is 3. The van der Waals surface area contributed by atoms with E-state index in [0.29, 0.717) is 23.2 Å². The van der Waals surface area contributed by atoms with Crippen molar-refractivity contribution in [2.24, 2.45) is 0 Å². The van der Waals surface area contributed by atoms with Gasteiger partial charge in [-0.25, -0.2) is 14.4 Å². The molecule has 7 rings (SSSR count). The maximum absolute atomic E-state index is 13.7. The van der Waals surface area contributed by atoms with Crippen molar-refractivity contribution in [1.29, 1.82) is 0 Å². The second-order valence-electron chi connectivity index (χ2n) is 9.82. The van der Waals surface area contributed by atoms with E-state index >= 15 is 0 Å². The number of rotatable bonds is 3. The average molecular weight is 516 g/mol. The van der Waals surface area contributed by atoms with Crippen LogP contribution in [0.4, 0.5) is 21.6 Å². The van der Waals surface area contributed by atoms with Gasteiger partial charge in [-0.1, -0.05) is 18.3 Å². The molecule has 1 aromatic carbocycles. The van der Waals surface area contributed by atoms with E-state index in [9.17, 15) is 4.39 Å². The van der Waals surface area contributed by atoms with Crippen LogP contribution in [-0.2, 0) is 17.8 Å². The molecule has 0 radical (unpaired) electrons. The summed E-state index contributed by atoms with van der Waals surface area (Å²) in [5.41, 5.74) is 7.69. The predicted octanol–water partition coefficient (Wildman–Crippen LogP) is 3.71. The van der Waals surface area contributed by atoms with Gasteiger partial charge in [0.05, 0.1) is 48.2 Å². The molecule has 0 bridgehead atoms. The van der Waals surface area contributed by atoms with Crippen molar-refractivity contribution in [3.05, 3.63) is 71.4 Å². The van der Waals surface area contributed by atoms with Gasteiger partial charge >= 0.3 is 0 Å². The molecule has 0 saturated carbocycles. The zero-order valence-corrected chi connectivity index (χ0v) is 21.2. The number of thiocarbonyl (C=S) groups is 1. The van der Waals surface area contributed by atoms with E-state index in [0.717, 1.165) is 72.4 Å². The number of nitrogens with zero attached hydrogens (tertiary/aromatic N) is 5. The van der Waals surface area contributed by atoms with Crippen molar-refractivity contribution in [2.75, 3.05) is 43.6 Å². The van der Waals surface area contributed by atoms with Crippen molar-refractivity contribution in [1.82, 2.24) is 24.6 Å². The minimum Gasteiger partial charge on any atom is -0.377 e. The van der Waals surface area contributed by atoms with E-state index in [-0.39, 0.29) is 5.82 Å². The molecule has 0 unspecified atom stereocenters. The minimum absolute atomic E-state index is 0.305. The third-order valence-electron chi connectivity index (χ3n) is 7.41. The zero-order chi connectivity index (χ0) is 25.1. The van der Waals surface area contributed by atoms with Gasteiger partial charge in [-0.3, -0.25) is 9.30 Å². The summed E-state index contributed by atoms with van der Waals surface area (Å²) in [6.45, 7) is 4.71. The Morgan fingerprint density at radius 2 is 2.14 bits per heavy atom. The van der Waals surface area contributed by atoms with Gasteiger partial charge in [0, 0.05) is 49.6 Å². The second kappa shape index (κ2) is 8.76. The highest BCUT2D eigenvalue weighted by Crippen LogP contribution is 2.36. The van der Waals surface area contributed by atoms with Gasteiger partial charge in [0.25, 0.3) is 0 Å².